The van der Waals surface area contributed by atoms with Crippen LogP contribution in [0.4, 0.5) is 0 Å². The SMILES string of the molecule is CCC(NC)C1CCCCC1C. The van der Waals surface area contributed by atoms with Crippen molar-refractivity contribution in [2.75, 3.05) is 7.05 Å². The van der Waals surface area contributed by atoms with Crippen LogP contribution in [-0.2, 0) is 0 Å². The highest BCUT2D eigenvalue weighted by Gasteiger charge is 2.26. The molecule has 3 unspecified atom stereocenters. The van der Waals surface area contributed by atoms with Gasteiger partial charge >= 0.3 is 0 Å². The van der Waals surface area contributed by atoms with Crippen molar-refractivity contribution in [3.63, 3.8) is 0 Å². The zero-order valence-electron chi connectivity index (χ0n) is 8.77. The van der Waals surface area contributed by atoms with E-state index in [1.54, 1.807) is 0 Å². The molecule has 0 aromatic carbocycles. The Morgan fingerprint density at radius 2 is 2.00 bits per heavy atom. The van der Waals surface area contributed by atoms with Crippen molar-refractivity contribution in [1.29, 1.82) is 0 Å². The van der Waals surface area contributed by atoms with Gasteiger partial charge in [0.2, 0.25) is 0 Å². The van der Waals surface area contributed by atoms with Crippen LogP contribution < -0.4 is 5.32 Å². The van der Waals surface area contributed by atoms with Gasteiger partial charge in [-0.2, -0.15) is 0 Å². The molecule has 3 atom stereocenters. The smallest absolute Gasteiger partial charge is 0.00922 e. The van der Waals surface area contributed by atoms with Crippen molar-refractivity contribution < 1.29 is 0 Å². The van der Waals surface area contributed by atoms with Crippen molar-refractivity contribution in [2.45, 2.75) is 52.0 Å². The molecule has 0 radical (unpaired) electrons. The van der Waals surface area contributed by atoms with Crippen LogP contribution in [-0.4, -0.2) is 13.1 Å². The summed E-state index contributed by atoms with van der Waals surface area (Å²) in [5, 5.41) is 3.45. The summed E-state index contributed by atoms with van der Waals surface area (Å²) in [6.45, 7) is 4.71. The van der Waals surface area contributed by atoms with Gasteiger partial charge in [-0.3, -0.25) is 0 Å². The molecule has 0 aliphatic heterocycles. The molecular formula is C11H23N. The third-order valence-corrected chi connectivity index (χ3v) is 3.51. The van der Waals surface area contributed by atoms with Crippen LogP contribution in [0.3, 0.4) is 0 Å². The van der Waals surface area contributed by atoms with Gasteiger partial charge in [-0.25, -0.2) is 0 Å². The zero-order valence-corrected chi connectivity index (χ0v) is 8.77. The monoisotopic (exact) mass is 169 g/mol. The molecule has 0 amide bonds. The molecule has 12 heavy (non-hydrogen) atoms. The first-order valence-electron chi connectivity index (χ1n) is 5.46. The Hall–Kier alpha value is -0.0400. The largest absolute Gasteiger partial charge is 0.317 e. The molecule has 1 heteroatoms. The molecule has 0 heterocycles. The number of hydrogen-bond acceptors (Lipinski definition) is 1. The van der Waals surface area contributed by atoms with Crippen LogP contribution >= 0.6 is 0 Å². The minimum absolute atomic E-state index is 0.764. The van der Waals surface area contributed by atoms with Crippen LogP contribution in [0.15, 0.2) is 0 Å². The first-order chi connectivity index (χ1) is 5.79. The predicted octanol–water partition coefficient (Wildman–Crippen LogP) is 2.81. The summed E-state index contributed by atoms with van der Waals surface area (Å²) in [5.41, 5.74) is 0. The Morgan fingerprint density at radius 3 is 2.50 bits per heavy atom. The normalized spacial score (nSPS) is 33.2. The molecule has 1 rings (SSSR count). The molecule has 1 fully saturated rings. The van der Waals surface area contributed by atoms with Crippen LogP contribution in [0.5, 0.6) is 0 Å². The second-order valence-electron chi connectivity index (χ2n) is 4.23. The topological polar surface area (TPSA) is 12.0 Å². The minimum atomic E-state index is 0.764. The fraction of sp³-hybridized carbons (Fsp3) is 1.00. The van der Waals surface area contributed by atoms with Gasteiger partial charge in [0.25, 0.3) is 0 Å². The number of rotatable bonds is 3. The molecule has 1 nitrogen and oxygen atoms in total. The van der Waals surface area contributed by atoms with Crippen molar-refractivity contribution in [3.05, 3.63) is 0 Å². The van der Waals surface area contributed by atoms with Gasteiger partial charge in [-0.1, -0.05) is 33.1 Å². The third-order valence-electron chi connectivity index (χ3n) is 3.51. The van der Waals surface area contributed by atoms with E-state index in [4.69, 9.17) is 0 Å². The maximum absolute atomic E-state index is 3.45. The third kappa shape index (κ3) is 2.22. The Balaban J connectivity index is 2.45. The lowest BCUT2D eigenvalue weighted by atomic mass is 9.75. The average molecular weight is 169 g/mol. The molecule has 0 aromatic rings. The molecule has 1 saturated carbocycles. The van der Waals surface area contributed by atoms with Crippen LogP contribution in [0, 0.1) is 11.8 Å². The molecular weight excluding hydrogens is 146 g/mol. The summed E-state index contributed by atoms with van der Waals surface area (Å²) in [7, 11) is 2.11. The quantitative estimate of drug-likeness (QED) is 0.685. The van der Waals surface area contributed by atoms with E-state index in [1.807, 2.05) is 0 Å². The van der Waals surface area contributed by atoms with E-state index in [9.17, 15) is 0 Å². The van der Waals surface area contributed by atoms with E-state index in [2.05, 4.69) is 26.2 Å². The van der Waals surface area contributed by atoms with E-state index < -0.39 is 0 Å². The molecule has 1 aliphatic rings. The molecule has 0 saturated heterocycles. The lowest BCUT2D eigenvalue weighted by Gasteiger charge is -2.34. The van der Waals surface area contributed by atoms with E-state index in [0.717, 1.165) is 17.9 Å². The molecule has 0 aromatic heterocycles. The van der Waals surface area contributed by atoms with Gasteiger partial charge in [0.1, 0.15) is 0 Å². The van der Waals surface area contributed by atoms with E-state index in [0.29, 0.717) is 0 Å². The van der Waals surface area contributed by atoms with Crippen molar-refractivity contribution in [3.8, 4) is 0 Å². The maximum Gasteiger partial charge on any atom is 0.00922 e. The van der Waals surface area contributed by atoms with Crippen LogP contribution in [0.2, 0.25) is 0 Å². The van der Waals surface area contributed by atoms with Crippen molar-refractivity contribution in [1.82, 2.24) is 5.32 Å². The average Bonchev–Trinajstić information content (AvgIpc) is 2.10. The number of hydrogen-bond donors (Lipinski definition) is 1. The highest BCUT2D eigenvalue weighted by Crippen LogP contribution is 2.32. The first kappa shape index (κ1) is 10.0. The fourth-order valence-corrected chi connectivity index (χ4v) is 2.66. The summed E-state index contributed by atoms with van der Waals surface area (Å²) >= 11 is 0. The second kappa shape index (κ2) is 4.86. The summed E-state index contributed by atoms with van der Waals surface area (Å²) in [6.07, 6.45) is 7.08. The van der Waals surface area contributed by atoms with E-state index in [-0.39, 0.29) is 0 Å². The maximum atomic E-state index is 3.45. The molecule has 1 N–H and O–H groups in total. The van der Waals surface area contributed by atoms with E-state index >= 15 is 0 Å². The summed E-state index contributed by atoms with van der Waals surface area (Å²) in [6, 6.07) is 0.764. The highest BCUT2D eigenvalue weighted by molar-refractivity contribution is 4.81. The minimum Gasteiger partial charge on any atom is -0.317 e. The molecule has 0 bridgehead atoms. The Bertz CT molecular complexity index is 118. The summed E-state index contributed by atoms with van der Waals surface area (Å²) < 4.78 is 0. The summed E-state index contributed by atoms with van der Waals surface area (Å²) in [4.78, 5) is 0. The Morgan fingerprint density at radius 1 is 1.33 bits per heavy atom. The summed E-state index contributed by atoms with van der Waals surface area (Å²) in [5.74, 6) is 1.88. The van der Waals surface area contributed by atoms with Gasteiger partial charge in [0, 0.05) is 6.04 Å². The fourth-order valence-electron chi connectivity index (χ4n) is 2.66. The first-order valence-corrected chi connectivity index (χ1v) is 5.46. The van der Waals surface area contributed by atoms with Gasteiger partial charge in [0.05, 0.1) is 0 Å². The lowest BCUT2D eigenvalue weighted by Crippen LogP contribution is -2.37. The van der Waals surface area contributed by atoms with Crippen molar-refractivity contribution >= 4 is 0 Å². The van der Waals surface area contributed by atoms with Gasteiger partial charge < -0.3 is 5.32 Å². The van der Waals surface area contributed by atoms with Crippen molar-refractivity contribution in [2.24, 2.45) is 11.8 Å². The molecule has 1 aliphatic carbocycles. The molecule has 72 valence electrons. The Kier molecular flexibility index (Phi) is 4.07. The predicted molar refractivity (Wildman–Crippen MR) is 54.3 cm³/mol. The van der Waals surface area contributed by atoms with Crippen LogP contribution in [0.1, 0.15) is 46.0 Å². The standard InChI is InChI=1S/C11H23N/c1-4-11(12-3)10-8-6-5-7-9(10)2/h9-12H,4-8H2,1-3H3. The number of nitrogens with one attached hydrogen (secondary N) is 1. The highest BCUT2D eigenvalue weighted by atomic mass is 14.9. The zero-order chi connectivity index (χ0) is 8.97. The Labute approximate surface area is 76.9 Å². The lowest BCUT2D eigenvalue weighted by molar-refractivity contribution is 0.196. The van der Waals surface area contributed by atoms with Gasteiger partial charge in [-0.05, 0) is 31.7 Å². The van der Waals surface area contributed by atoms with Gasteiger partial charge in [-0.15, -0.1) is 0 Å². The van der Waals surface area contributed by atoms with E-state index in [1.165, 1.54) is 32.1 Å². The van der Waals surface area contributed by atoms with Gasteiger partial charge in [0.15, 0.2) is 0 Å². The molecule has 0 spiro atoms. The second-order valence-corrected chi connectivity index (χ2v) is 4.23. The van der Waals surface area contributed by atoms with Crippen LogP contribution in [0.25, 0.3) is 0 Å².